The van der Waals surface area contributed by atoms with Gasteiger partial charge in [0.15, 0.2) is 0 Å². The van der Waals surface area contributed by atoms with E-state index < -0.39 is 0 Å². The molecule has 0 aliphatic heterocycles. The van der Waals surface area contributed by atoms with E-state index >= 15 is 0 Å². The van der Waals surface area contributed by atoms with Crippen LogP contribution in [0.25, 0.3) is 0 Å². The fourth-order valence-electron chi connectivity index (χ4n) is 1.55. The Morgan fingerprint density at radius 2 is 2.22 bits per heavy atom. The summed E-state index contributed by atoms with van der Waals surface area (Å²) in [7, 11) is 1.56. The maximum atomic E-state index is 11.6. The second-order valence-electron chi connectivity index (χ2n) is 3.92. The molecule has 1 N–H and O–H groups in total. The molecule has 0 spiro atoms. The topological polar surface area (TPSA) is 59.8 Å². The lowest BCUT2D eigenvalue weighted by Gasteiger charge is -2.15. The lowest BCUT2D eigenvalue weighted by Crippen LogP contribution is -2.21. The van der Waals surface area contributed by atoms with Crippen molar-refractivity contribution in [3.63, 3.8) is 0 Å². The summed E-state index contributed by atoms with van der Waals surface area (Å²) in [6.07, 6.45) is 3.25. The lowest BCUT2D eigenvalue weighted by atomic mass is 10.2. The first-order chi connectivity index (χ1) is 8.59. The van der Waals surface area contributed by atoms with E-state index in [0.29, 0.717) is 5.69 Å². The Hall–Kier alpha value is -1.88. The average Bonchev–Trinajstić information content (AvgIpc) is 2.40. The van der Waals surface area contributed by atoms with Crippen LogP contribution in [0.2, 0.25) is 5.02 Å². The third-order valence-electron chi connectivity index (χ3n) is 2.58. The predicted molar refractivity (Wildman–Crippen MR) is 70.8 cm³/mol. The van der Waals surface area contributed by atoms with Gasteiger partial charge in [-0.15, -0.1) is 0 Å². The molecule has 0 aliphatic rings. The smallest absolute Gasteiger partial charge is 0.287 e. The van der Waals surface area contributed by atoms with Crippen LogP contribution in [-0.2, 0) is 7.05 Å². The van der Waals surface area contributed by atoms with E-state index in [9.17, 15) is 4.79 Å². The largest absolute Gasteiger partial charge is 0.374 e. The minimum absolute atomic E-state index is 0.0578. The van der Waals surface area contributed by atoms with Crippen molar-refractivity contribution >= 4 is 17.3 Å². The van der Waals surface area contributed by atoms with Gasteiger partial charge in [0.1, 0.15) is 5.02 Å². The molecule has 2 aromatic rings. The van der Waals surface area contributed by atoms with E-state index in [4.69, 9.17) is 11.6 Å². The number of pyridine rings is 1. The molecule has 1 atom stereocenters. The van der Waals surface area contributed by atoms with Crippen LogP contribution in [0.5, 0.6) is 0 Å². The highest BCUT2D eigenvalue weighted by molar-refractivity contribution is 6.32. The van der Waals surface area contributed by atoms with Crippen molar-refractivity contribution in [1.29, 1.82) is 0 Å². The van der Waals surface area contributed by atoms with Gasteiger partial charge in [-0.05, 0) is 19.1 Å². The Balaban J connectivity index is 2.25. The van der Waals surface area contributed by atoms with Crippen molar-refractivity contribution in [2.24, 2.45) is 7.05 Å². The van der Waals surface area contributed by atoms with Gasteiger partial charge in [0, 0.05) is 13.2 Å². The van der Waals surface area contributed by atoms with Gasteiger partial charge in [-0.3, -0.25) is 9.78 Å². The fraction of sp³-hybridized carbons (Fsp3) is 0.250. The Morgan fingerprint density at radius 3 is 2.89 bits per heavy atom. The molecule has 0 fully saturated rings. The maximum Gasteiger partial charge on any atom is 0.287 e. The van der Waals surface area contributed by atoms with Gasteiger partial charge in [-0.25, -0.2) is 4.68 Å². The van der Waals surface area contributed by atoms with Gasteiger partial charge in [-0.2, -0.15) is 5.10 Å². The predicted octanol–water partition coefficient (Wildman–Crippen LogP) is 2.00. The maximum absolute atomic E-state index is 11.6. The molecule has 0 aliphatic carbocycles. The number of rotatable bonds is 3. The molecule has 0 radical (unpaired) electrons. The van der Waals surface area contributed by atoms with Crippen LogP contribution in [0, 0.1) is 0 Å². The summed E-state index contributed by atoms with van der Waals surface area (Å²) in [5.41, 5.74) is 1.06. The number of aromatic nitrogens is 3. The van der Waals surface area contributed by atoms with Crippen LogP contribution < -0.4 is 10.9 Å². The molecule has 1 unspecified atom stereocenters. The molecule has 94 valence electrons. The van der Waals surface area contributed by atoms with E-state index in [0.717, 1.165) is 5.69 Å². The molecule has 2 heterocycles. The molecular weight excluding hydrogens is 252 g/mol. The van der Waals surface area contributed by atoms with Crippen molar-refractivity contribution in [3.05, 3.63) is 51.7 Å². The number of hydrogen-bond acceptors (Lipinski definition) is 4. The molecule has 2 aromatic heterocycles. The SMILES string of the molecule is CC(Nc1cnn(C)c(=O)c1Cl)c1ccccn1. The van der Waals surface area contributed by atoms with Gasteiger partial charge in [0.05, 0.1) is 23.6 Å². The number of anilines is 1. The number of aryl methyl sites for hydroxylation is 1. The summed E-state index contributed by atoms with van der Waals surface area (Å²) in [6.45, 7) is 1.94. The minimum Gasteiger partial charge on any atom is -0.374 e. The van der Waals surface area contributed by atoms with Gasteiger partial charge >= 0.3 is 0 Å². The second-order valence-corrected chi connectivity index (χ2v) is 4.30. The van der Waals surface area contributed by atoms with Gasteiger partial charge < -0.3 is 5.32 Å². The van der Waals surface area contributed by atoms with E-state index in [1.807, 2.05) is 25.1 Å². The lowest BCUT2D eigenvalue weighted by molar-refractivity contribution is 0.705. The normalized spacial score (nSPS) is 12.2. The summed E-state index contributed by atoms with van der Waals surface area (Å²) in [4.78, 5) is 15.9. The van der Waals surface area contributed by atoms with E-state index in [1.54, 1.807) is 13.2 Å². The van der Waals surface area contributed by atoms with Crippen LogP contribution >= 0.6 is 11.6 Å². The summed E-state index contributed by atoms with van der Waals surface area (Å²) in [5, 5.41) is 7.18. The molecule has 2 rings (SSSR count). The summed E-state index contributed by atoms with van der Waals surface area (Å²) < 4.78 is 1.19. The third kappa shape index (κ3) is 2.51. The summed E-state index contributed by atoms with van der Waals surface area (Å²) >= 11 is 5.97. The molecule has 0 saturated heterocycles. The Labute approximate surface area is 109 Å². The van der Waals surface area contributed by atoms with Gasteiger partial charge in [-0.1, -0.05) is 17.7 Å². The highest BCUT2D eigenvalue weighted by Gasteiger charge is 2.11. The Kier molecular flexibility index (Phi) is 3.62. The van der Waals surface area contributed by atoms with Crippen LogP contribution in [0.1, 0.15) is 18.7 Å². The zero-order valence-corrected chi connectivity index (χ0v) is 10.8. The quantitative estimate of drug-likeness (QED) is 0.921. The first-order valence-corrected chi connectivity index (χ1v) is 5.86. The zero-order valence-electron chi connectivity index (χ0n) is 10.1. The number of halogens is 1. The molecule has 0 bridgehead atoms. The molecule has 0 aromatic carbocycles. The highest BCUT2D eigenvalue weighted by Crippen LogP contribution is 2.21. The minimum atomic E-state index is -0.324. The van der Waals surface area contributed by atoms with Crippen LogP contribution in [0.3, 0.4) is 0 Å². The number of nitrogens with one attached hydrogen (secondary N) is 1. The van der Waals surface area contributed by atoms with Crippen molar-refractivity contribution in [2.75, 3.05) is 5.32 Å². The third-order valence-corrected chi connectivity index (χ3v) is 2.95. The molecule has 0 amide bonds. The summed E-state index contributed by atoms with van der Waals surface area (Å²) in [6, 6.07) is 5.60. The van der Waals surface area contributed by atoms with Crippen LogP contribution in [0.15, 0.2) is 35.4 Å². The molecule has 0 saturated carbocycles. The number of nitrogens with zero attached hydrogens (tertiary/aromatic N) is 3. The Morgan fingerprint density at radius 1 is 1.44 bits per heavy atom. The van der Waals surface area contributed by atoms with E-state index in [1.165, 1.54) is 10.9 Å². The highest BCUT2D eigenvalue weighted by atomic mass is 35.5. The second kappa shape index (κ2) is 5.18. The molecule has 5 nitrogen and oxygen atoms in total. The van der Waals surface area contributed by atoms with Crippen LogP contribution in [0.4, 0.5) is 5.69 Å². The average molecular weight is 265 g/mol. The van der Waals surface area contributed by atoms with Gasteiger partial charge in [0.25, 0.3) is 5.56 Å². The molecular formula is C12H13ClN4O. The zero-order chi connectivity index (χ0) is 13.1. The molecule has 6 heteroatoms. The van der Waals surface area contributed by atoms with Crippen molar-refractivity contribution in [1.82, 2.24) is 14.8 Å². The van der Waals surface area contributed by atoms with Crippen molar-refractivity contribution in [2.45, 2.75) is 13.0 Å². The van der Waals surface area contributed by atoms with Crippen molar-refractivity contribution < 1.29 is 0 Å². The fourth-order valence-corrected chi connectivity index (χ4v) is 1.78. The standard InChI is InChI=1S/C12H13ClN4O/c1-8(9-5-3-4-6-14-9)16-10-7-15-17(2)12(18)11(10)13/h3-8,16H,1-2H3. The van der Waals surface area contributed by atoms with Gasteiger partial charge in [0.2, 0.25) is 0 Å². The van der Waals surface area contributed by atoms with E-state index in [-0.39, 0.29) is 16.6 Å². The van der Waals surface area contributed by atoms with E-state index in [2.05, 4.69) is 15.4 Å². The van der Waals surface area contributed by atoms with Crippen molar-refractivity contribution in [3.8, 4) is 0 Å². The van der Waals surface area contributed by atoms with Crippen LogP contribution in [-0.4, -0.2) is 14.8 Å². The molecule has 18 heavy (non-hydrogen) atoms. The first-order valence-electron chi connectivity index (χ1n) is 5.49. The Bertz CT molecular complexity index is 597. The first kappa shape index (κ1) is 12.6. The summed E-state index contributed by atoms with van der Waals surface area (Å²) in [5.74, 6) is 0. The number of hydrogen-bond donors (Lipinski definition) is 1. The monoisotopic (exact) mass is 264 g/mol.